The molecule has 20 heavy (non-hydrogen) atoms. The summed E-state index contributed by atoms with van der Waals surface area (Å²) in [5.74, 6) is 0. The van der Waals surface area contributed by atoms with E-state index in [4.69, 9.17) is 9.15 Å². The largest absolute Gasteiger partial charge is 0.423 e. The van der Waals surface area contributed by atoms with Crippen molar-refractivity contribution < 1.29 is 9.15 Å². The minimum Gasteiger partial charge on any atom is -0.423 e. The van der Waals surface area contributed by atoms with Crippen LogP contribution in [0.5, 0.6) is 0 Å². The number of hydrogen-bond acceptors (Lipinski definition) is 4. The summed E-state index contributed by atoms with van der Waals surface area (Å²) in [5.41, 5.74) is 2.52. The highest BCUT2D eigenvalue weighted by molar-refractivity contribution is 5.80. The van der Waals surface area contributed by atoms with Crippen LogP contribution in [0.3, 0.4) is 0 Å². The van der Waals surface area contributed by atoms with Crippen molar-refractivity contribution in [3.63, 3.8) is 0 Å². The van der Waals surface area contributed by atoms with Crippen LogP contribution >= 0.6 is 0 Å². The summed E-state index contributed by atoms with van der Waals surface area (Å²) < 4.78 is 10.8. The first kappa shape index (κ1) is 13.3. The lowest BCUT2D eigenvalue weighted by Gasteiger charge is -2.31. The van der Waals surface area contributed by atoms with Crippen molar-refractivity contribution >= 4 is 11.0 Å². The van der Waals surface area contributed by atoms with Gasteiger partial charge in [-0.1, -0.05) is 12.1 Å². The zero-order valence-corrected chi connectivity index (χ0v) is 11.9. The summed E-state index contributed by atoms with van der Waals surface area (Å²) in [5, 5.41) is 1.02. The van der Waals surface area contributed by atoms with Crippen LogP contribution in [-0.2, 0) is 11.3 Å². The topological polar surface area (TPSA) is 42.7 Å². The zero-order chi connectivity index (χ0) is 14.1. The van der Waals surface area contributed by atoms with Crippen molar-refractivity contribution in [3.05, 3.63) is 45.8 Å². The molecule has 0 radical (unpaired) electrons. The first-order valence-electron chi connectivity index (χ1n) is 6.99. The van der Waals surface area contributed by atoms with Crippen LogP contribution in [0.4, 0.5) is 0 Å². The van der Waals surface area contributed by atoms with Gasteiger partial charge in [-0.2, -0.15) is 0 Å². The van der Waals surface area contributed by atoms with Gasteiger partial charge in [0.05, 0.1) is 12.7 Å². The van der Waals surface area contributed by atoms with Crippen LogP contribution in [0.1, 0.15) is 18.1 Å². The first-order chi connectivity index (χ1) is 9.61. The van der Waals surface area contributed by atoms with Crippen LogP contribution < -0.4 is 5.63 Å². The highest BCUT2D eigenvalue weighted by Crippen LogP contribution is 2.20. The van der Waals surface area contributed by atoms with Crippen molar-refractivity contribution in [2.75, 3.05) is 19.7 Å². The second kappa shape index (κ2) is 5.38. The molecule has 1 aliphatic heterocycles. The van der Waals surface area contributed by atoms with Crippen LogP contribution in [0, 0.1) is 6.92 Å². The van der Waals surface area contributed by atoms with E-state index in [0.29, 0.717) is 5.58 Å². The molecule has 2 heterocycles. The molecule has 1 unspecified atom stereocenters. The van der Waals surface area contributed by atoms with E-state index in [2.05, 4.69) is 11.8 Å². The van der Waals surface area contributed by atoms with Gasteiger partial charge in [0.15, 0.2) is 0 Å². The third-order valence-corrected chi connectivity index (χ3v) is 3.70. The van der Waals surface area contributed by atoms with Gasteiger partial charge in [0.1, 0.15) is 5.58 Å². The Labute approximate surface area is 118 Å². The van der Waals surface area contributed by atoms with E-state index in [9.17, 15) is 4.79 Å². The molecule has 1 aromatic carbocycles. The number of morpholine rings is 1. The monoisotopic (exact) mass is 273 g/mol. The van der Waals surface area contributed by atoms with E-state index in [1.54, 1.807) is 6.07 Å². The zero-order valence-electron chi connectivity index (χ0n) is 11.9. The maximum Gasteiger partial charge on any atom is 0.336 e. The van der Waals surface area contributed by atoms with E-state index in [0.717, 1.165) is 42.8 Å². The highest BCUT2D eigenvalue weighted by atomic mass is 16.5. The Morgan fingerprint density at radius 3 is 3.00 bits per heavy atom. The van der Waals surface area contributed by atoms with Crippen LogP contribution in [0.15, 0.2) is 33.5 Å². The lowest BCUT2D eigenvalue weighted by molar-refractivity contribution is -0.0211. The van der Waals surface area contributed by atoms with E-state index in [1.807, 2.05) is 25.1 Å². The van der Waals surface area contributed by atoms with Gasteiger partial charge in [-0.15, -0.1) is 0 Å². The molecule has 1 aromatic heterocycles. The van der Waals surface area contributed by atoms with Crippen LogP contribution in [0.25, 0.3) is 11.0 Å². The maximum absolute atomic E-state index is 11.7. The third-order valence-electron chi connectivity index (χ3n) is 3.70. The molecule has 0 amide bonds. The fourth-order valence-corrected chi connectivity index (χ4v) is 2.74. The van der Waals surface area contributed by atoms with E-state index >= 15 is 0 Å². The Kier molecular flexibility index (Phi) is 3.59. The summed E-state index contributed by atoms with van der Waals surface area (Å²) in [7, 11) is 0. The Morgan fingerprint density at radius 1 is 1.35 bits per heavy atom. The van der Waals surface area contributed by atoms with Crippen molar-refractivity contribution in [3.8, 4) is 0 Å². The molecular weight excluding hydrogens is 254 g/mol. The lowest BCUT2D eigenvalue weighted by Crippen LogP contribution is -2.40. The molecule has 1 saturated heterocycles. The fourth-order valence-electron chi connectivity index (χ4n) is 2.74. The highest BCUT2D eigenvalue weighted by Gasteiger charge is 2.18. The van der Waals surface area contributed by atoms with Crippen molar-refractivity contribution in [2.45, 2.75) is 26.5 Å². The SMILES string of the molecule is Cc1ccc2c(CN3CCOC(C)C3)cc(=O)oc2c1. The number of rotatable bonds is 2. The number of nitrogens with zero attached hydrogens (tertiary/aromatic N) is 1. The first-order valence-corrected chi connectivity index (χ1v) is 6.99. The Morgan fingerprint density at radius 2 is 2.20 bits per heavy atom. The number of fused-ring (bicyclic) bond motifs is 1. The summed E-state index contributed by atoms with van der Waals surface area (Å²) in [6, 6.07) is 7.61. The summed E-state index contributed by atoms with van der Waals surface area (Å²) in [4.78, 5) is 14.0. The van der Waals surface area contributed by atoms with Gasteiger partial charge in [-0.25, -0.2) is 4.79 Å². The van der Waals surface area contributed by atoms with E-state index < -0.39 is 0 Å². The Hall–Kier alpha value is -1.65. The van der Waals surface area contributed by atoms with E-state index in [-0.39, 0.29) is 11.7 Å². The summed E-state index contributed by atoms with van der Waals surface area (Å²) in [6.45, 7) is 7.38. The molecule has 0 spiro atoms. The van der Waals surface area contributed by atoms with Gasteiger partial charge in [-0.05, 0) is 31.0 Å². The smallest absolute Gasteiger partial charge is 0.336 e. The number of hydrogen-bond donors (Lipinski definition) is 0. The normalized spacial score (nSPS) is 20.4. The predicted octanol–water partition coefficient (Wildman–Crippen LogP) is 2.32. The van der Waals surface area contributed by atoms with Gasteiger partial charge >= 0.3 is 5.63 Å². The molecule has 1 fully saturated rings. The quantitative estimate of drug-likeness (QED) is 0.788. The predicted molar refractivity (Wildman–Crippen MR) is 77.9 cm³/mol. The van der Waals surface area contributed by atoms with Crippen molar-refractivity contribution in [1.82, 2.24) is 4.90 Å². The van der Waals surface area contributed by atoms with Crippen LogP contribution in [0.2, 0.25) is 0 Å². The average molecular weight is 273 g/mol. The Bertz CT molecular complexity index is 677. The molecule has 0 N–H and O–H groups in total. The maximum atomic E-state index is 11.7. The van der Waals surface area contributed by atoms with Crippen molar-refractivity contribution in [1.29, 1.82) is 0 Å². The molecule has 3 rings (SSSR count). The number of benzene rings is 1. The lowest BCUT2D eigenvalue weighted by atomic mass is 10.1. The van der Waals surface area contributed by atoms with Gasteiger partial charge < -0.3 is 9.15 Å². The summed E-state index contributed by atoms with van der Waals surface area (Å²) in [6.07, 6.45) is 0.248. The van der Waals surface area contributed by atoms with Gasteiger partial charge in [0, 0.05) is 31.1 Å². The molecule has 1 aliphatic rings. The second-order valence-corrected chi connectivity index (χ2v) is 5.51. The molecule has 4 nitrogen and oxygen atoms in total. The molecule has 0 aliphatic carbocycles. The van der Waals surface area contributed by atoms with Gasteiger partial charge in [-0.3, -0.25) is 4.90 Å². The minimum absolute atomic E-state index is 0.248. The molecule has 1 atom stereocenters. The average Bonchev–Trinajstić information content (AvgIpc) is 2.37. The number of aryl methyl sites for hydroxylation is 1. The molecule has 4 heteroatoms. The molecule has 106 valence electrons. The third kappa shape index (κ3) is 2.76. The molecule has 0 saturated carbocycles. The number of ether oxygens (including phenoxy) is 1. The Balaban J connectivity index is 1.96. The summed E-state index contributed by atoms with van der Waals surface area (Å²) >= 11 is 0. The minimum atomic E-state index is -0.278. The fraction of sp³-hybridized carbons (Fsp3) is 0.438. The molecule has 2 aromatic rings. The molecular formula is C16H19NO3. The standard InChI is InChI=1S/C16H19NO3/c1-11-3-4-14-13(8-16(18)20-15(14)7-11)10-17-5-6-19-12(2)9-17/h3-4,7-8,12H,5-6,9-10H2,1-2H3. The van der Waals surface area contributed by atoms with E-state index in [1.165, 1.54) is 0 Å². The van der Waals surface area contributed by atoms with Gasteiger partial charge in [0.25, 0.3) is 0 Å². The van der Waals surface area contributed by atoms with Crippen molar-refractivity contribution in [2.24, 2.45) is 0 Å². The van der Waals surface area contributed by atoms with Gasteiger partial charge in [0.2, 0.25) is 0 Å². The second-order valence-electron chi connectivity index (χ2n) is 5.51. The van der Waals surface area contributed by atoms with Crippen LogP contribution in [-0.4, -0.2) is 30.7 Å². The molecule has 0 bridgehead atoms.